The highest BCUT2D eigenvalue weighted by molar-refractivity contribution is 7.89. The van der Waals surface area contributed by atoms with E-state index in [1.807, 2.05) is 0 Å². The Hall–Kier alpha value is -0.910. The zero-order valence-electron chi connectivity index (χ0n) is 12.6. The molecule has 2 N–H and O–H groups in total. The van der Waals surface area contributed by atoms with Crippen molar-refractivity contribution in [1.29, 1.82) is 0 Å². The summed E-state index contributed by atoms with van der Waals surface area (Å²) in [5.41, 5.74) is 0.615. The van der Waals surface area contributed by atoms with Gasteiger partial charge in [-0.2, -0.15) is 0 Å². The predicted octanol–water partition coefficient (Wildman–Crippen LogP) is 2.99. The van der Waals surface area contributed by atoms with E-state index in [1.165, 1.54) is 31.7 Å². The molecule has 118 valence electrons. The van der Waals surface area contributed by atoms with Crippen molar-refractivity contribution in [2.45, 2.75) is 56.4 Å². The molecule has 1 unspecified atom stereocenters. The van der Waals surface area contributed by atoms with Crippen molar-refractivity contribution in [3.63, 3.8) is 0 Å². The lowest BCUT2D eigenvalue weighted by Crippen LogP contribution is -2.25. The molecule has 0 radical (unpaired) electrons. The van der Waals surface area contributed by atoms with Gasteiger partial charge in [0.2, 0.25) is 10.0 Å². The molecule has 0 bridgehead atoms. The molecule has 4 nitrogen and oxygen atoms in total. The SMILES string of the molecule is CC(O)c1cccc(S(=O)(=O)NCCCC2CCCC2)c1. The Balaban J connectivity index is 1.87. The molecule has 0 spiro atoms. The van der Waals surface area contributed by atoms with Crippen LogP contribution in [-0.4, -0.2) is 20.1 Å². The van der Waals surface area contributed by atoms with Gasteiger partial charge in [-0.15, -0.1) is 0 Å². The van der Waals surface area contributed by atoms with Crippen LogP contribution >= 0.6 is 0 Å². The molecular weight excluding hydrogens is 286 g/mol. The molecule has 0 aliphatic heterocycles. The lowest BCUT2D eigenvalue weighted by atomic mass is 10.0. The van der Waals surface area contributed by atoms with E-state index in [1.54, 1.807) is 25.1 Å². The van der Waals surface area contributed by atoms with E-state index in [0.717, 1.165) is 18.8 Å². The van der Waals surface area contributed by atoms with Gasteiger partial charge in [-0.25, -0.2) is 13.1 Å². The van der Waals surface area contributed by atoms with Crippen molar-refractivity contribution in [2.24, 2.45) is 5.92 Å². The first-order valence-corrected chi connectivity index (χ1v) is 9.25. The van der Waals surface area contributed by atoms with Crippen LogP contribution in [0.3, 0.4) is 0 Å². The Morgan fingerprint density at radius 3 is 2.71 bits per heavy atom. The van der Waals surface area contributed by atoms with E-state index in [9.17, 15) is 13.5 Å². The number of benzene rings is 1. The monoisotopic (exact) mass is 311 g/mol. The molecule has 5 heteroatoms. The van der Waals surface area contributed by atoms with Crippen molar-refractivity contribution < 1.29 is 13.5 Å². The maximum atomic E-state index is 12.2. The summed E-state index contributed by atoms with van der Waals surface area (Å²) in [6.45, 7) is 2.11. The summed E-state index contributed by atoms with van der Waals surface area (Å²) in [5, 5.41) is 9.53. The zero-order valence-corrected chi connectivity index (χ0v) is 13.4. The van der Waals surface area contributed by atoms with Crippen LogP contribution in [0.2, 0.25) is 0 Å². The third kappa shape index (κ3) is 4.80. The Kier molecular flexibility index (Phi) is 5.79. The minimum Gasteiger partial charge on any atom is -0.389 e. The Morgan fingerprint density at radius 1 is 1.33 bits per heavy atom. The van der Waals surface area contributed by atoms with E-state index in [2.05, 4.69) is 4.72 Å². The average molecular weight is 311 g/mol. The van der Waals surface area contributed by atoms with E-state index in [4.69, 9.17) is 0 Å². The summed E-state index contributed by atoms with van der Waals surface area (Å²) in [5.74, 6) is 0.785. The number of aliphatic hydroxyl groups excluding tert-OH is 1. The van der Waals surface area contributed by atoms with E-state index in [0.29, 0.717) is 12.1 Å². The molecule has 0 heterocycles. The molecule has 1 aromatic carbocycles. The number of rotatable bonds is 7. The van der Waals surface area contributed by atoms with Crippen LogP contribution in [0.4, 0.5) is 0 Å². The third-order valence-corrected chi connectivity index (χ3v) is 5.67. The predicted molar refractivity (Wildman–Crippen MR) is 83.5 cm³/mol. The largest absolute Gasteiger partial charge is 0.389 e. The highest BCUT2D eigenvalue weighted by atomic mass is 32.2. The van der Waals surface area contributed by atoms with E-state index < -0.39 is 16.1 Å². The smallest absolute Gasteiger partial charge is 0.240 e. The summed E-state index contributed by atoms with van der Waals surface area (Å²) in [4.78, 5) is 0.224. The molecule has 0 amide bonds. The minimum atomic E-state index is -3.47. The van der Waals surface area contributed by atoms with Crippen molar-refractivity contribution in [2.75, 3.05) is 6.54 Å². The second kappa shape index (κ2) is 7.38. The molecule has 21 heavy (non-hydrogen) atoms. The Morgan fingerprint density at radius 2 is 2.05 bits per heavy atom. The van der Waals surface area contributed by atoms with Crippen LogP contribution in [0, 0.1) is 5.92 Å². The third-order valence-electron chi connectivity index (χ3n) is 4.21. The number of hydrogen-bond acceptors (Lipinski definition) is 3. The first kappa shape index (κ1) is 16.5. The Bertz CT molecular complexity index is 548. The number of hydrogen-bond donors (Lipinski definition) is 2. The molecule has 1 aromatic rings. The fraction of sp³-hybridized carbons (Fsp3) is 0.625. The number of nitrogens with one attached hydrogen (secondary N) is 1. The summed E-state index contributed by atoms with van der Waals surface area (Å²) in [7, 11) is -3.47. The van der Waals surface area contributed by atoms with Crippen LogP contribution in [0.5, 0.6) is 0 Å². The van der Waals surface area contributed by atoms with Crippen molar-refractivity contribution in [1.82, 2.24) is 4.72 Å². The van der Waals surface area contributed by atoms with Crippen molar-refractivity contribution in [3.8, 4) is 0 Å². The second-order valence-electron chi connectivity index (χ2n) is 5.94. The molecule has 2 rings (SSSR count). The molecule has 1 fully saturated rings. The highest BCUT2D eigenvalue weighted by Gasteiger charge is 2.17. The van der Waals surface area contributed by atoms with Gasteiger partial charge in [0.1, 0.15) is 0 Å². The van der Waals surface area contributed by atoms with Gasteiger partial charge in [0.15, 0.2) is 0 Å². The molecule has 1 aliphatic carbocycles. The van der Waals surface area contributed by atoms with Crippen molar-refractivity contribution in [3.05, 3.63) is 29.8 Å². The minimum absolute atomic E-state index is 0.224. The van der Waals surface area contributed by atoms with E-state index >= 15 is 0 Å². The highest BCUT2D eigenvalue weighted by Crippen LogP contribution is 2.28. The normalized spacial score (nSPS) is 18.0. The van der Waals surface area contributed by atoms with Gasteiger partial charge < -0.3 is 5.11 Å². The average Bonchev–Trinajstić information content (AvgIpc) is 2.97. The maximum Gasteiger partial charge on any atom is 0.240 e. The molecule has 1 saturated carbocycles. The van der Waals surface area contributed by atoms with E-state index in [-0.39, 0.29) is 4.90 Å². The van der Waals surface area contributed by atoms with Gasteiger partial charge in [0.05, 0.1) is 11.0 Å². The lowest BCUT2D eigenvalue weighted by molar-refractivity contribution is 0.199. The Labute approximate surface area is 127 Å². The van der Waals surface area contributed by atoms with Crippen LogP contribution in [0.25, 0.3) is 0 Å². The van der Waals surface area contributed by atoms with Crippen LogP contribution in [0.1, 0.15) is 57.1 Å². The fourth-order valence-corrected chi connectivity index (χ4v) is 4.05. The lowest BCUT2D eigenvalue weighted by Gasteiger charge is -2.11. The van der Waals surface area contributed by atoms with Gasteiger partial charge in [-0.05, 0) is 43.4 Å². The summed E-state index contributed by atoms with van der Waals surface area (Å²) >= 11 is 0. The van der Waals surface area contributed by atoms with Crippen LogP contribution in [-0.2, 0) is 10.0 Å². The standard InChI is InChI=1S/C16H25NO3S/c1-13(18)15-9-4-10-16(12-15)21(19,20)17-11-5-8-14-6-2-3-7-14/h4,9-10,12-14,17-18H,2-3,5-8,11H2,1H3. The quantitative estimate of drug-likeness (QED) is 0.761. The van der Waals surface area contributed by atoms with Gasteiger partial charge >= 0.3 is 0 Å². The van der Waals surface area contributed by atoms with Gasteiger partial charge in [0, 0.05) is 6.54 Å². The molecule has 1 atom stereocenters. The van der Waals surface area contributed by atoms with Gasteiger partial charge in [0.25, 0.3) is 0 Å². The topological polar surface area (TPSA) is 66.4 Å². The molecule has 0 aromatic heterocycles. The zero-order chi connectivity index (χ0) is 15.3. The summed E-state index contributed by atoms with van der Waals surface area (Å²) < 4.78 is 27.1. The molecule has 0 saturated heterocycles. The number of aliphatic hydroxyl groups is 1. The second-order valence-corrected chi connectivity index (χ2v) is 7.71. The first-order valence-electron chi connectivity index (χ1n) is 7.77. The molecule has 1 aliphatic rings. The summed E-state index contributed by atoms with van der Waals surface area (Å²) in [6.07, 6.45) is 6.57. The fourth-order valence-electron chi connectivity index (χ4n) is 2.92. The maximum absolute atomic E-state index is 12.2. The first-order chi connectivity index (χ1) is 9.99. The molecular formula is C16H25NO3S. The van der Waals surface area contributed by atoms with Gasteiger partial charge in [-0.3, -0.25) is 0 Å². The van der Waals surface area contributed by atoms with Crippen LogP contribution < -0.4 is 4.72 Å². The van der Waals surface area contributed by atoms with Crippen molar-refractivity contribution >= 4 is 10.0 Å². The number of sulfonamides is 1. The van der Waals surface area contributed by atoms with Crippen LogP contribution in [0.15, 0.2) is 29.2 Å². The summed E-state index contributed by atoms with van der Waals surface area (Å²) in [6, 6.07) is 6.48. The van der Waals surface area contributed by atoms with Gasteiger partial charge in [-0.1, -0.05) is 37.8 Å².